The second kappa shape index (κ2) is 14.6. The van der Waals surface area contributed by atoms with Crippen molar-refractivity contribution >= 4 is 23.9 Å². The fraction of sp³-hybridized carbons (Fsp3) is 0.833. The highest BCUT2D eigenvalue weighted by molar-refractivity contribution is 5.74. The fourth-order valence-electron chi connectivity index (χ4n) is 6.17. The molecule has 0 bridgehead atoms. The molecule has 0 radical (unpaired) electrons. The number of rotatable bonds is 16. The summed E-state index contributed by atoms with van der Waals surface area (Å²) in [6.45, 7) is -0.472. The maximum absolute atomic E-state index is 12.6. The molecule has 13 heteroatoms. The van der Waals surface area contributed by atoms with Crippen molar-refractivity contribution in [2.45, 2.75) is 75.0 Å². The van der Waals surface area contributed by atoms with Gasteiger partial charge in [0.05, 0.1) is 19.6 Å². The lowest BCUT2D eigenvalue weighted by Crippen LogP contribution is -2.64. The highest BCUT2D eigenvalue weighted by Crippen LogP contribution is 2.37. The van der Waals surface area contributed by atoms with E-state index in [2.05, 4.69) is 5.32 Å². The van der Waals surface area contributed by atoms with Crippen molar-refractivity contribution in [1.29, 1.82) is 0 Å². The third-order valence-corrected chi connectivity index (χ3v) is 7.67. The number of nitrogens with zero attached hydrogens (tertiary/aromatic N) is 3. The van der Waals surface area contributed by atoms with Gasteiger partial charge in [0.15, 0.2) is 0 Å². The molecule has 0 aromatic rings. The number of carboxylic acid groups (broad SMARTS) is 4. The number of carbonyl (C=O) groups is 4. The first-order valence-corrected chi connectivity index (χ1v) is 13.0. The summed E-state index contributed by atoms with van der Waals surface area (Å²) in [6, 6.07) is -1.38. The molecular weight excluding hydrogens is 486 g/mol. The smallest absolute Gasteiger partial charge is 0.320 e. The molecule has 2 aliphatic rings. The van der Waals surface area contributed by atoms with Gasteiger partial charge in [0.1, 0.15) is 6.04 Å². The van der Waals surface area contributed by atoms with Crippen LogP contribution < -0.4 is 11.1 Å². The van der Waals surface area contributed by atoms with Crippen molar-refractivity contribution in [3.63, 3.8) is 0 Å². The van der Waals surface area contributed by atoms with Crippen LogP contribution >= 0.6 is 0 Å². The maximum Gasteiger partial charge on any atom is 0.320 e. The number of aliphatic carboxylic acids is 4. The van der Waals surface area contributed by atoms with Crippen molar-refractivity contribution in [3.05, 3.63) is 0 Å². The van der Waals surface area contributed by atoms with Gasteiger partial charge in [-0.2, -0.15) is 0 Å². The Morgan fingerprint density at radius 1 is 0.973 bits per heavy atom. The summed E-state index contributed by atoms with van der Waals surface area (Å²) < 4.78 is 0. The Hall–Kier alpha value is -2.32. The van der Waals surface area contributed by atoms with E-state index in [1.165, 1.54) is 4.90 Å². The lowest BCUT2D eigenvalue weighted by atomic mass is 9.87. The Kier molecular flexibility index (Phi) is 12.2. The molecule has 1 heterocycles. The minimum atomic E-state index is -1.22. The van der Waals surface area contributed by atoms with Crippen LogP contribution in [0.2, 0.25) is 0 Å². The largest absolute Gasteiger partial charge is 0.480 e. The van der Waals surface area contributed by atoms with E-state index < -0.39 is 48.5 Å². The Morgan fingerprint density at radius 3 is 2.11 bits per heavy atom. The van der Waals surface area contributed by atoms with E-state index in [4.69, 9.17) is 5.73 Å². The molecule has 13 nitrogen and oxygen atoms in total. The number of carboxylic acids is 4. The molecular formula is C24H43N5O8. The molecule has 0 amide bonds. The third kappa shape index (κ3) is 8.60. The van der Waals surface area contributed by atoms with Crippen LogP contribution in [0, 0.1) is 0 Å². The molecule has 37 heavy (non-hydrogen) atoms. The summed E-state index contributed by atoms with van der Waals surface area (Å²) in [7, 11) is 1.83. The van der Waals surface area contributed by atoms with Gasteiger partial charge in [0.25, 0.3) is 0 Å². The van der Waals surface area contributed by atoms with E-state index >= 15 is 0 Å². The Morgan fingerprint density at radius 2 is 1.59 bits per heavy atom. The molecule has 4 unspecified atom stereocenters. The van der Waals surface area contributed by atoms with Crippen molar-refractivity contribution in [3.8, 4) is 0 Å². The predicted octanol–water partition coefficient (Wildman–Crippen LogP) is -0.598. The quantitative estimate of drug-likeness (QED) is 0.139. The minimum absolute atomic E-state index is 0.0841. The van der Waals surface area contributed by atoms with E-state index in [9.17, 15) is 39.6 Å². The van der Waals surface area contributed by atoms with E-state index in [1.54, 1.807) is 4.90 Å². The lowest BCUT2D eigenvalue weighted by Gasteiger charge is -2.47. The second-order valence-corrected chi connectivity index (χ2v) is 10.3. The molecule has 1 saturated heterocycles. The van der Waals surface area contributed by atoms with Gasteiger partial charge in [0, 0.05) is 30.7 Å². The SMILES string of the molecule is CNCCCCC(C(=O)O)N1CC(CCN)(N(CC(=O)O)CC(=O)O)CN(CC(=O)O)C2CCCCC21. The molecule has 1 aliphatic heterocycles. The molecule has 0 aromatic carbocycles. The average Bonchev–Trinajstić information content (AvgIpc) is 2.93. The van der Waals surface area contributed by atoms with Crippen LogP contribution in [0.25, 0.3) is 0 Å². The monoisotopic (exact) mass is 529 g/mol. The van der Waals surface area contributed by atoms with Crippen LogP contribution in [-0.4, -0.2) is 136 Å². The number of fused-ring (bicyclic) bond motifs is 1. The van der Waals surface area contributed by atoms with Crippen molar-refractivity contribution in [1.82, 2.24) is 20.0 Å². The number of nitrogens with one attached hydrogen (secondary N) is 1. The molecule has 2 fully saturated rings. The van der Waals surface area contributed by atoms with Gasteiger partial charge in [-0.3, -0.25) is 33.9 Å². The molecule has 7 N–H and O–H groups in total. The third-order valence-electron chi connectivity index (χ3n) is 7.67. The van der Waals surface area contributed by atoms with Crippen LogP contribution in [0.1, 0.15) is 51.4 Å². The van der Waals surface area contributed by atoms with Crippen LogP contribution in [0.4, 0.5) is 0 Å². The number of unbranched alkanes of at least 4 members (excludes halogenated alkanes) is 1. The summed E-state index contributed by atoms with van der Waals surface area (Å²) in [5.41, 5.74) is 4.82. The Bertz CT molecular complexity index is 783. The molecule has 0 aromatic heterocycles. The number of hydrogen-bond acceptors (Lipinski definition) is 9. The van der Waals surface area contributed by atoms with E-state index in [0.29, 0.717) is 25.7 Å². The molecule has 0 spiro atoms. The Labute approximate surface area is 217 Å². The first-order valence-electron chi connectivity index (χ1n) is 13.0. The average molecular weight is 530 g/mol. The van der Waals surface area contributed by atoms with E-state index in [-0.39, 0.29) is 44.7 Å². The van der Waals surface area contributed by atoms with Gasteiger partial charge < -0.3 is 31.5 Å². The van der Waals surface area contributed by atoms with Gasteiger partial charge >= 0.3 is 23.9 Å². The number of hydrogen-bond donors (Lipinski definition) is 6. The lowest BCUT2D eigenvalue weighted by molar-refractivity contribution is -0.150. The van der Waals surface area contributed by atoms with Gasteiger partial charge in [-0.25, -0.2) is 0 Å². The summed E-state index contributed by atoms with van der Waals surface area (Å²) >= 11 is 0. The van der Waals surface area contributed by atoms with Gasteiger partial charge in [-0.1, -0.05) is 19.3 Å². The van der Waals surface area contributed by atoms with Gasteiger partial charge in [-0.05, 0) is 52.2 Å². The second-order valence-electron chi connectivity index (χ2n) is 10.3. The summed E-state index contributed by atoms with van der Waals surface area (Å²) in [4.78, 5) is 53.2. The molecule has 1 saturated carbocycles. The Balaban J connectivity index is 2.64. The van der Waals surface area contributed by atoms with Crippen LogP contribution in [0.3, 0.4) is 0 Å². The summed E-state index contributed by atoms with van der Waals surface area (Å²) in [6.07, 6.45) is 5.08. The topological polar surface area (TPSA) is 197 Å². The highest BCUT2D eigenvalue weighted by atomic mass is 16.4. The van der Waals surface area contributed by atoms with Gasteiger partial charge in [-0.15, -0.1) is 0 Å². The van der Waals surface area contributed by atoms with Gasteiger partial charge in [0.2, 0.25) is 0 Å². The summed E-state index contributed by atoms with van der Waals surface area (Å²) in [5, 5.41) is 42.4. The number of nitrogens with two attached hydrogens (primary N) is 1. The zero-order valence-corrected chi connectivity index (χ0v) is 21.7. The van der Waals surface area contributed by atoms with Crippen molar-refractivity contribution in [2.75, 3.05) is 52.9 Å². The zero-order chi connectivity index (χ0) is 27.6. The molecule has 1 aliphatic carbocycles. The van der Waals surface area contributed by atoms with E-state index in [0.717, 1.165) is 25.8 Å². The van der Waals surface area contributed by atoms with Crippen molar-refractivity contribution in [2.24, 2.45) is 5.73 Å². The van der Waals surface area contributed by atoms with Crippen LogP contribution in [-0.2, 0) is 19.2 Å². The normalized spacial score (nSPS) is 25.8. The zero-order valence-electron chi connectivity index (χ0n) is 21.7. The molecule has 4 atom stereocenters. The van der Waals surface area contributed by atoms with Crippen LogP contribution in [0.15, 0.2) is 0 Å². The standard InChI is InChI=1S/C24H43N5O8/c1-26-11-5-4-8-19(23(36)37)29-16-24(9-10-25,28(13-21(32)33)14-22(34)35)15-27(12-20(30)31)17-6-2-3-7-18(17)29/h17-19,26H,2-16,25H2,1H3,(H,30,31)(H,32,33)(H,34,35)(H,36,37). The summed E-state index contributed by atoms with van der Waals surface area (Å²) in [5.74, 6) is -4.50. The van der Waals surface area contributed by atoms with Crippen molar-refractivity contribution < 1.29 is 39.6 Å². The first-order chi connectivity index (χ1) is 17.5. The fourth-order valence-corrected chi connectivity index (χ4v) is 6.17. The molecule has 212 valence electrons. The minimum Gasteiger partial charge on any atom is -0.480 e. The van der Waals surface area contributed by atoms with Crippen LogP contribution in [0.5, 0.6) is 0 Å². The molecule has 2 rings (SSSR count). The van der Waals surface area contributed by atoms with E-state index in [1.807, 2.05) is 11.9 Å². The first kappa shape index (κ1) is 30.9. The maximum atomic E-state index is 12.6. The predicted molar refractivity (Wildman–Crippen MR) is 134 cm³/mol. The highest BCUT2D eigenvalue weighted by Gasteiger charge is 2.51.